The Bertz CT molecular complexity index is 380. The van der Waals surface area contributed by atoms with Crippen LogP contribution >= 0.6 is 15.9 Å². The second-order valence-electron chi connectivity index (χ2n) is 2.98. The van der Waals surface area contributed by atoms with Crippen molar-refractivity contribution in [3.8, 4) is 5.75 Å². The van der Waals surface area contributed by atoms with Crippen molar-refractivity contribution in [1.29, 1.82) is 0 Å². The van der Waals surface area contributed by atoms with Crippen LogP contribution in [0.25, 0.3) is 0 Å². The highest BCUT2D eigenvalue weighted by molar-refractivity contribution is 9.10. The third-order valence-corrected chi connectivity index (χ3v) is 2.51. The Labute approximate surface area is 96.9 Å². The van der Waals surface area contributed by atoms with E-state index in [9.17, 15) is 4.79 Å². The molecule has 0 aliphatic heterocycles. The molecule has 0 aliphatic rings. The number of carbonyl (C=O) groups is 1. The van der Waals surface area contributed by atoms with Gasteiger partial charge in [-0.15, -0.1) is 0 Å². The standard InChI is InChI=1S/C10H13BrN2O2/c1-3-9(14)13-10-7(11)4-6(12)5-8(10)15-2/h4-5H,3,12H2,1-2H3,(H,13,14). The fourth-order valence-electron chi connectivity index (χ4n) is 1.11. The number of benzene rings is 1. The van der Waals surface area contributed by atoms with E-state index in [-0.39, 0.29) is 5.91 Å². The normalized spacial score (nSPS) is 9.80. The summed E-state index contributed by atoms with van der Waals surface area (Å²) < 4.78 is 5.84. The lowest BCUT2D eigenvalue weighted by atomic mass is 10.2. The Morgan fingerprint density at radius 3 is 2.80 bits per heavy atom. The van der Waals surface area contributed by atoms with Crippen LogP contribution in [0.4, 0.5) is 11.4 Å². The number of nitrogen functional groups attached to an aromatic ring is 1. The molecule has 0 bridgehead atoms. The summed E-state index contributed by atoms with van der Waals surface area (Å²) in [5.74, 6) is 0.474. The van der Waals surface area contributed by atoms with Crippen LogP contribution in [0.5, 0.6) is 5.75 Å². The van der Waals surface area contributed by atoms with Gasteiger partial charge in [0.25, 0.3) is 0 Å². The second-order valence-corrected chi connectivity index (χ2v) is 3.84. The van der Waals surface area contributed by atoms with Crippen LogP contribution < -0.4 is 15.8 Å². The predicted octanol–water partition coefficient (Wildman–Crippen LogP) is 2.39. The van der Waals surface area contributed by atoms with E-state index in [1.54, 1.807) is 19.1 Å². The SMILES string of the molecule is CCC(=O)Nc1c(Br)cc(N)cc1OC. The minimum absolute atomic E-state index is 0.0706. The third kappa shape index (κ3) is 2.86. The summed E-state index contributed by atoms with van der Waals surface area (Å²) in [5, 5.41) is 2.74. The fourth-order valence-corrected chi connectivity index (χ4v) is 1.67. The van der Waals surface area contributed by atoms with Crippen molar-refractivity contribution < 1.29 is 9.53 Å². The first-order valence-electron chi connectivity index (χ1n) is 4.51. The molecule has 15 heavy (non-hydrogen) atoms. The highest BCUT2D eigenvalue weighted by Gasteiger charge is 2.11. The minimum atomic E-state index is -0.0706. The van der Waals surface area contributed by atoms with Gasteiger partial charge in [-0.1, -0.05) is 6.92 Å². The lowest BCUT2D eigenvalue weighted by molar-refractivity contribution is -0.115. The average Bonchev–Trinajstić information content (AvgIpc) is 2.21. The number of ether oxygens (including phenoxy) is 1. The van der Waals surface area contributed by atoms with Crippen molar-refractivity contribution >= 4 is 33.2 Å². The van der Waals surface area contributed by atoms with E-state index in [0.717, 1.165) is 0 Å². The predicted molar refractivity (Wildman–Crippen MR) is 64.0 cm³/mol. The first-order valence-corrected chi connectivity index (χ1v) is 5.30. The van der Waals surface area contributed by atoms with E-state index in [2.05, 4.69) is 21.2 Å². The Kier molecular flexibility index (Phi) is 3.96. The number of nitrogens with two attached hydrogens (primary N) is 1. The zero-order valence-corrected chi connectivity index (χ0v) is 10.2. The maximum absolute atomic E-state index is 11.3. The van der Waals surface area contributed by atoms with Crippen LogP contribution in [-0.4, -0.2) is 13.0 Å². The van der Waals surface area contributed by atoms with Gasteiger partial charge in [0.15, 0.2) is 0 Å². The highest BCUT2D eigenvalue weighted by atomic mass is 79.9. The van der Waals surface area contributed by atoms with Gasteiger partial charge in [0.1, 0.15) is 5.75 Å². The van der Waals surface area contributed by atoms with E-state index < -0.39 is 0 Å². The molecule has 0 aliphatic carbocycles. The number of nitrogens with one attached hydrogen (secondary N) is 1. The molecule has 1 rings (SSSR count). The Morgan fingerprint density at radius 2 is 2.27 bits per heavy atom. The number of anilines is 2. The maximum Gasteiger partial charge on any atom is 0.224 e. The van der Waals surface area contributed by atoms with Crippen molar-refractivity contribution in [2.24, 2.45) is 0 Å². The molecule has 4 nitrogen and oxygen atoms in total. The molecule has 3 N–H and O–H groups in total. The van der Waals surface area contributed by atoms with Gasteiger partial charge in [0.05, 0.1) is 12.8 Å². The molecule has 1 aromatic rings. The number of carbonyl (C=O) groups excluding carboxylic acids is 1. The fraction of sp³-hybridized carbons (Fsp3) is 0.300. The van der Waals surface area contributed by atoms with Crippen molar-refractivity contribution in [2.75, 3.05) is 18.2 Å². The van der Waals surface area contributed by atoms with Crippen molar-refractivity contribution in [3.05, 3.63) is 16.6 Å². The Balaban J connectivity index is 3.09. The number of methoxy groups -OCH3 is 1. The molecule has 82 valence electrons. The van der Waals surface area contributed by atoms with Crippen molar-refractivity contribution in [1.82, 2.24) is 0 Å². The summed E-state index contributed by atoms with van der Waals surface area (Å²) in [4.78, 5) is 11.3. The largest absolute Gasteiger partial charge is 0.494 e. The molecule has 0 atom stereocenters. The van der Waals surface area contributed by atoms with Gasteiger partial charge < -0.3 is 15.8 Å². The second kappa shape index (κ2) is 5.02. The highest BCUT2D eigenvalue weighted by Crippen LogP contribution is 2.35. The molecule has 0 saturated carbocycles. The molecule has 0 spiro atoms. The van der Waals surface area contributed by atoms with Crippen LogP contribution in [0.3, 0.4) is 0 Å². The van der Waals surface area contributed by atoms with E-state index in [1.807, 2.05) is 0 Å². The van der Waals surface area contributed by atoms with E-state index in [4.69, 9.17) is 10.5 Å². The van der Waals surface area contributed by atoms with Crippen LogP contribution in [0.15, 0.2) is 16.6 Å². The summed E-state index contributed by atoms with van der Waals surface area (Å²) in [6.45, 7) is 1.78. The molecule has 0 aromatic heterocycles. The molecule has 0 saturated heterocycles. The van der Waals surface area contributed by atoms with E-state index in [1.165, 1.54) is 7.11 Å². The zero-order valence-electron chi connectivity index (χ0n) is 8.63. The Morgan fingerprint density at radius 1 is 1.60 bits per heavy atom. The van der Waals surface area contributed by atoms with Gasteiger partial charge >= 0.3 is 0 Å². The lowest BCUT2D eigenvalue weighted by Gasteiger charge is -2.12. The molecular weight excluding hydrogens is 260 g/mol. The number of hydrogen-bond acceptors (Lipinski definition) is 3. The van der Waals surface area contributed by atoms with Crippen LogP contribution in [0.2, 0.25) is 0 Å². The molecule has 0 unspecified atom stereocenters. The topological polar surface area (TPSA) is 64.4 Å². The zero-order chi connectivity index (χ0) is 11.4. The lowest BCUT2D eigenvalue weighted by Crippen LogP contribution is -2.11. The quantitative estimate of drug-likeness (QED) is 0.831. The number of halogens is 1. The number of rotatable bonds is 3. The minimum Gasteiger partial charge on any atom is -0.494 e. The molecule has 1 amide bonds. The van der Waals surface area contributed by atoms with Gasteiger partial charge in [-0.3, -0.25) is 4.79 Å². The van der Waals surface area contributed by atoms with Gasteiger partial charge in [0, 0.05) is 22.6 Å². The van der Waals surface area contributed by atoms with E-state index in [0.29, 0.717) is 28.0 Å². The average molecular weight is 273 g/mol. The van der Waals surface area contributed by atoms with Crippen molar-refractivity contribution in [3.63, 3.8) is 0 Å². The maximum atomic E-state index is 11.3. The van der Waals surface area contributed by atoms with Crippen LogP contribution in [-0.2, 0) is 4.79 Å². The summed E-state index contributed by atoms with van der Waals surface area (Å²) in [5.41, 5.74) is 6.83. The molecular formula is C10H13BrN2O2. The van der Waals surface area contributed by atoms with Gasteiger partial charge in [-0.25, -0.2) is 0 Å². The first kappa shape index (κ1) is 11.8. The molecule has 0 heterocycles. The van der Waals surface area contributed by atoms with Gasteiger partial charge in [-0.2, -0.15) is 0 Å². The monoisotopic (exact) mass is 272 g/mol. The number of hydrogen-bond donors (Lipinski definition) is 2. The van der Waals surface area contributed by atoms with Gasteiger partial charge in [0.2, 0.25) is 5.91 Å². The molecule has 1 aromatic carbocycles. The van der Waals surface area contributed by atoms with Crippen LogP contribution in [0, 0.1) is 0 Å². The van der Waals surface area contributed by atoms with Gasteiger partial charge in [-0.05, 0) is 22.0 Å². The molecule has 0 fully saturated rings. The summed E-state index contributed by atoms with van der Waals surface area (Å²) in [6, 6.07) is 3.38. The molecule has 0 radical (unpaired) electrons. The first-order chi connectivity index (χ1) is 7.08. The van der Waals surface area contributed by atoms with E-state index >= 15 is 0 Å². The number of amides is 1. The summed E-state index contributed by atoms with van der Waals surface area (Å²) >= 11 is 3.32. The third-order valence-electron chi connectivity index (χ3n) is 1.88. The smallest absolute Gasteiger partial charge is 0.224 e. The Hall–Kier alpha value is -1.23. The van der Waals surface area contributed by atoms with Crippen molar-refractivity contribution in [2.45, 2.75) is 13.3 Å². The van der Waals surface area contributed by atoms with Crippen LogP contribution in [0.1, 0.15) is 13.3 Å². The molecule has 5 heteroatoms. The summed E-state index contributed by atoms with van der Waals surface area (Å²) in [6.07, 6.45) is 0.417. The summed E-state index contributed by atoms with van der Waals surface area (Å²) in [7, 11) is 1.53.